The van der Waals surface area contributed by atoms with Gasteiger partial charge >= 0.3 is 0 Å². The third-order valence-corrected chi connectivity index (χ3v) is 5.01. The minimum Gasteiger partial charge on any atom is -0.336 e. The Morgan fingerprint density at radius 2 is 2.04 bits per heavy atom. The second-order valence-corrected chi connectivity index (χ2v) is 6.69. The zero-order chi connectivity index (χ0) is 17.8. The molecular weight excluding hydrogens is 324 g/mol. The van der Waals surface area contributed by atoms with Crippen molar-refractivity contribution in [3.05, 3.63) is 78.5 Å². The molecule has 3 aromatic rings. The molecule has 0 unspecified atom stereocenters. The van der Waals surface area contributed by atoms with Gasteiger partial charge in [-0.25, -0.2) is 9.97 Å². The van der Waals surface area contributed by atoms with Gasteiger partial charge in [0.05, 0.1) is 0 Å². The zero-order valence-electron chi connectivity index (χ0n) is 14.7. The van der Waals surface area contributed by atoms with E-state index in [1.165, 1.54) is 5.56 Å². The van der Waals surface area contributed by atoms with Gasteiger partial charge in [0.15, 0.2) is 0 Å². The molecule has 1 amide bonds. The number of likely N-dealkylation sites (tertiary alicyclic amines) is 1. The van der Waals surface area contributed by atoms with Crippen LogP contribution in [0.3, 0.4) is 0 Å². The third kappa shape index (κ3) is 3.52. The van der Waals surface area contributed by atoms with Gasteiger partial charge in [0.2, 0.25) is 0 Å². The number of amides is 1. The summed E-state index contributed by atoms with van der Waals surface area (Å²) in [6.45, 7) is 0.834. The molecule has 0 bridgehead atoms. The van der Waals surface area contributed by atoms with Gasteiger partial charge < -0.3 is 4.90 Å². The Bertz CT molecular complexity index is 861. The van der Waals surface area contributed by atoms with Crippen molar-refractivity contribution >= 4 is 5.91 Å². The molecule has 4 rings (SSSR count). The van der Waals surface area contributed by atoms with Crippen LogP contribution in [0.1, 0.15) is 35.2 Å². The highest BCUT2D eigenvalue weighted by molar-refractivity contribution is 5.95. The van der Waals surface area contributed by atoms with Crippen LogP contribution in [0.15, 0.2) is 67.4 Å². The SMILES string of the molecule is O=C(c1ccnc(-n2ccnc2)c1)N1CCC[C@H]1CCc1ccccc1. The van der Waals surface area contributed by atoms with Crippen molar-refractivity contribution in [2.75, 3.05) is 6.54 Å². The maximum Gasteiger partial charge on any atom is 0.254 e. The van der Waals surface area contributed by atoms with Gasteiger partial charge in [-0.1, -0.05) is 30.3 Å². The van der Waals surface area contributed by atoms with Gasteiger partial charge in [0, 0.05) is 36.7 Å². The van der Waals surface area contributed by atoms with E-state index in [1.54, 1.807) is 24.8 Å². The third-order valence-electron chi connectivity index (χ3n) is 5.01. The molecule has 1 saturated heterocycles. The van der Waals surface area contributed by atoms with Crippen molar-refractivity contribution in [2.24, 2.45) is 0 Å². The molecule has 5 heteroatoms. The molecule has 1 aliphatic rings. The fraction of sp³-hybridized carbons (Fsp3) is 0.286. The monoisotopic (exact) mass is 346 g/mol. The Morgan fingerprint density at radius 1 is 1.15 bits per heavy atom. The molecule has 1 aliphatic heterocycles. The average Bonchev–Trinajstić information content (AvgIpc) is 3.39. The summed E-state index contributed by atoms with van der Waals surface area (Å²) in [4.78, 5) is 23.5. The van der Waals surface area contributed by atoms with E-state index >= 15 is 0 Å². The van der Waals surface area contributed by atoms with Crippen LogP contribution in [-0.2, 0) is 6.42 Å². The normalized spacial score (nSPS) is 16.8. The summed E-state index contributed by atoms with van der Waals surface area (Å²) in [5, 5.41) is 0. The lowest BCUT2D eigenvalue weighted by atomic mass is 10.0. The quantitative estimate of drug-likeness (QED) is 0.710. The maximum absolute atomic E-state index is 13.1. The van der Waals surface area contributed by atoms with E-state index in [0.717, 1.165) is 32.2 Å². The Kier molecular flexibility index (Phi) is 4.78. The fourth-order valence-corrected chi connectivity index (χ4v) is 3.63. The molecule has 0 spiro atoms. The summed E-state index contributed by atoms with van der Waals surface area (Å²) in [6, 6.07) is 14.4. The van der Waals surface area contributed by atoms with E-state index in [-0.39, 0.29) is 5.91 Å². The van der Waals surface area contributed by atoms with Crippen molar-refractivity contribution in [1.82, 2.24) is 19.4 Å². The molecule has 1 aromatic carbocycles. The molecule has 0 aliphatic carbocycles. The predicted octanol–water partition coefficient (Wildman–Crippen LogP) is 3.50. The number of hydrogen-bond acceptors (Lipinski definition) is 3. The lowest BCUT2D eigenvalue weighted by Crippen LogP contribution is -2.35. The van der Waals surface area contributed by atoms with Crippen LogP contribution in [0.2, 0.25) is 0 Å². The number of nitrogens with zero attached hydrogens (tertiary/aromatic N) is 4. The summed E-state index contributed by atoms with van der Waals surface area (Å²) in [5.74, 6) is 0.817. The molecule has 0 radical (unpaired) electrons. The van der Waals surface area contributed by atoms with Crippen LogP contribution in [0.5, 0.6) is 0 Å². The lowest BCUT2D eigenvalue weighted by Gasteiger charge is -2.25. The Morgan fingerprint density at radius 3 is 2.85 bits per heavy atom. The second kappa shape index (κ2) is 7.52. The van der Waals surface area contributed by atoms with Crippen molar-refractivity contribution < 1.29 is 4.79 Å². The van der Waals surface area contributed by atoms with Crippen molar-refractivity contribution in [3.63, 3.8) is 0 Å². The zero-order valence-corrected chi connectivity index (χ0v) is 14.7. The highest BCUT2D eigenvalue weighted by Gasteiger charge is 2.29. The summed E-state index contributed by atoms with van der Waals surface area (Å²) < 4.78 is 1.81. The van der Waals surface area contributed by atoms with Crippen LogP contribution >= 0.6 is 0 Å². The maximum atomic E-state index is 13.1. The van der Waals surface area contributed by atoms with Crippen LogP contribution in [-0.4, -0.2) is 37.9 Å². The number of pyridine rings is 1. The summed E-state index contributed by atoms with van der Waals surface area (Å²) in [5.41, 5.74) is 2.02. The number of carbonyl (C=O) groups is 1. The number of imidazole rings is 1. The summed E-state index contributed by atoms with van der Waals surface area (Å²) in [6.07, 6.45) is 11.1. The van der Waals surface area contributed by atoms with Gasteiger partial charge in [0.25, 0.3) is 5.91 Å². The Balaban J connectivity index is 1.47. The molecule has 5 nitrogen and oxygen atoms in total. The van der Waals surface area contributed by atoms with Crippen LogP contribution < -0.4 is 0 Å². The van der Waals surface area contributed by atoms with Gasteiger partial charge in [-0.05, 0) is 43.4 Å². The van der Waals surface area contributed by atoms with E-state index in [0.29, 0.717) is 17.4 Å². The van der Waals surface area contributed by atoms with Crippen LogP contribution in [0.4, 0.5) is 0 Å². The van der Waals surface area contributed by atoms with Crippen molar-refractivity contribution in [2.45, 2.75) is 31.7 Å². The molecule has 3 heterocycles. The first kappa shape index (κ1) is 16.5. The fourth-order valence-electron chi connectivity index (χ4n) is 3.63. The number of hydrogen-bond donors (Lipinski definition) is 0. The minimum absolute atomic E-state index is 0.101. The Labute approximate surface area is 153 Å². The van der Waals surface area contributed by atoms with Crippen molar-refractivity contribution in [3.8, 4) is 5.82 Å². The lowest BCUT2D eigenvalue weighted by molar-refractivity contribution is 0.0730. The molecule has 1 atom stereocenters. The summed E-state index contributed by atoms with van der Waals surface area (Å²) >= 11 is 0. The van der Waals surface area contributed by atoms with Crippen molar-refractivity contribution in [1.29, 1.82) is 0 Å². The largest absolute Gasteiger partial charge is 0.336 e. The van der Waals surface area contributed by atoms with Gasteiger partial charge in [-0.3, -0.25) is 9.36 Å². The molecular formula is C21H22N4O. The van der Waals surface area contributed by atoms with Gasteiger partial charge in [-0.2, -0.15) is 0 Å². The predicted molar refractivity (Wildman–Crippen MR) is 100 cm³/mol. The van der Waals surface area contributed by atoms with E-state index in [4.69, 9.17) is 0 Å². The van der Waals surface area contributed by atoms with Gasteiger partial charge in [-0.15, -0.1) is 0 Å². The minimum atomic E-state index is 0.101. The second-order valence-electron chi connectivity index (χ2n) is 6.69. The van der Waals surface area contributed by atoms with E-state index in [9.17, 15) is 4.79 Å². The van der Waals surface area contributed by atoms with Crippen LogP contribution in [0.25, 0.3) is 5.82 Å². The molecule has 132 valence electrons. The number of rotatable bonds is 5. The number of aryl methyl sites for hydroxylation is 1. The molecule has 26 heavy (non-hydrogen) atoms. The highest BCUT2D eigenvalue weighted by atomic mass is 16.2. The first-order valence-corrected chi connectivity index (χ1v) is 9.10. The van der Waals surface area contributed by atoms with E-state index in [2.05, 4.69) is 34.2 Å². The summed E-state index contributed by atoms with van der Waals surface area (Å²) in [7, 11) is 0. The number of benzene rings is 1. The highest BCUT2D eigenvalue weighted by Crippen LogP contribution is 2.24. The Hall–Kier alpha value is -2.95. The van der Waals surface area contributed by atoms with Crippen LogP contribution in [0, 0.1) is 0 Å². The first-order chi connectivity index (χ1) is 12.8. The molecule has 1 fully saturated rings. The molecule has 2 aromatic heterocycles. The van der Waals surface area contributed by atoms with E-state index < -0.39 is 0 Å². The van der Waals surface area contributed by atoms with E-state index in [1.807, 2.05) is 27.8 Å². The average molecular weight is 346 g/mol. The number of carbonyl (C=O) groups excluding carboxylic acids is 1. The molecule has 0 saturated carbocycles. The number of aromatic nitrogens is 3. The molecule has 0 N–H and O–H groups in total. The topological polar surface area (TPSA) is 51.0 Å². The smallest absolute Gasteiger partial charge is 0.254 e. The first-order valence-electron chi connectivity index (χ1n) is 9.10. The standard InChI is InChI=1S/C21H22N4O/c26-21(18-10-11-23-20(15-18)24-14-12-22-16-24)25-13-4-7-19(25)9-8-17-5-2-1-3-6-17/h1-3,5-6,10-12,14-16,19H,4,7-9,13H2/t19-/m0/s1. The van der Waals surface area contributed by atoms with Gasteiger partial charge in [0.1, 0.15) is 12.1 Å².